The Morgan fingerprint density at radius 3 is 2.50 bits per heavy atom. The highest BCUT2D eigenvalue weighted by atomic mass is 32.2. The minimum atomic E-state index is -3.93. The molecule has 0 saturated carbocycles. The molecule has 0 radical (unpaired) electrons. The Kier molecular flexibility index (Phi) is 7.67. The van der Waals surface area contributed by atoms with Crippen molar-refractivity contribution in [2.45, 2.75) is 37.2 Å². The number of sulfonamides is 1. The molecule has 1 heterocycles. The molecule has 0 bridgehead atoms. The molecule has 0 aromatic heterocycles. The molecule has 10 heteroatoms. The summed E-state index contributed by atoms with van der Waals surface area (Å²) in [6, 6.07) is 5.47. The molecule has 28 heavy (non-hydrogen) atoms. The molecule has 1 saturated heterocycles. The van der Waals surface area contributed by atoms with Gasteiger partial charge in [0.15, 0.2) is 0 Å². The van der Waals surface area contributed by atoms with E-state index in [1.54, 1.807) is 32.0 Å². The van der Waals surface area contributed by atoms with Crippen LogP contribution in [0.15, 0.2) is 35.2 Å². The highest BCUT2D eigenvalue weighted by Gasteiger charge is 2.33. The van der Waals surface area contributed by atoms with Crippen molar-refractivity contribution >= 4 is 27.6 Å². The van der Waals surface area contributed by atoms with Gasteiger partial charge in [-0.15, -0.1) is 0 Å². The molecule has 1 aliphatic heterocycles. The van der Waals surface area contributed by atoms with E-state index in [9.17, 15) is 22.8 Å². The number of ketones is 1. The molecule has 2 atom stereocenters. The largest absolute Gasteiger partial charge is 0.380 e. The van der Waals surface area contributed by atoms with E-state index >= 15 is 0 Å². The Labute approximate surface area is 164 Å². The highest BCUT2D eigenvalue weighted by Crippen LogP contribution is 2.12. The molecule has 1 fully saturated rings. The molecule has 2 unspecified atom stereocenters. The van der Waals surface area contributed by atoms with Gasteiger partial charge in [-0.1, -0.05) is 32.0 Å². The fourth-order valence-corrected chi connectivity index (χ4v) is 4.01. The zero-order chi connectivity index (χ0) is 20.7. The van der Waals surface area contributed by atoms with Gasteiger partial charge in [-0.2, -0.15) is 4.72 Å². The minimum absolute atomic E-state index is 0.0275. The van der Waals surface area contributed by atoms with Crippen molar-refractivity contribution in [1.29, 1.82) is 0 Å². The number of carbonyl (C=O) groups is 3. The van der Waals surface area contributed by atoms with Crippen LogP contribution in [0.25, 0.3) is 0 Å². The molecule has 1 aromatic rings. The second-order valence-corrected chi connectivity index (χ2v) is 8.45. The maximum absolute atomic E-state index is 12.7. The fourth-order valence-electron chi connectivity index (χ4n) is 2.64. The number of ether oxygens (including phenoxy) is 1. The van der Waals surface area contributed by atoms with E-state index < -0.39 is 45.6 Å². The molecule has 0 spiro atoms. The van der Waals surface area contributed by atoms with Crippen molar-refractivity contribution in [3.63, 3.8) is 0 Å². The van der Waals surface area contributed by atoms with E-state index in [-0.39, 0.29) is 31.1 Å². The molecule has 3 N–H and O–H groups in total. The van der Waals surface area contributed by atoms with Crippen molar-refractivity contribution in [3.05, 3.63) is 30.3 Å². The summed E-state index contributed by atoms with van der Waals surface area (Å²) in [4.78, 5) is 36.9. The Balaban J connectivity index is 2.15. The van der Waals surface area contributed by atoms with Crippen LogP contribution in [0.3, 0.4) is 0 Å². The average Bonchev–Trinajstić information content (AvgIpc) is 2.73. The van der Waals surface area contributed by atoms with Crippen LogP contribution >= 0.6 is 0 Å². The van der Waals surface area contributed by atoms with E-state index in [0.717, 1.165) is 0 Å². The first kappa shape index (κ1) is 22.0. The van der Waals surface area contributed by atoms with Crippen LogP contribution in [0.5, 0.6) is 0 Å². The van der Waals surface area contributed by atoms with Crippen molar-refractivity contribution < 1.29 is 27.5 Å². The first-order valence-corrected chi connectivity index (χ1v) is 10.5. The van der Waals surface area contributed by atoms with Crippen molar-refractivity contribution in [1.82, 2.24) is 15.4 Å². The van der Waals surface area contributed by atoms with E-state index in [1.165, 1.54) is 12.1 Å². The van der Waals surface area contributed by atoms with Gasteiger partial charge in [0, 0.05) is 13.2 Å². The normalized spacial score (nSPS) is 19.9. The van der Waals surface area contributed by atoms with Gasteiger partial charge in [-0.05, 0) is 24.5 Å². The van der Waals surface area contributed by atoms with Crippen LogP contribution in [0, 0.1) is 5.92 Å². The number of carbonyl (C=O) groups excluding carboxylic acids is 3. The Hall–Kier alpha value is -2.30. The van der Waals surface area contributed by atoms with Gasteiger partial charge < -0.3 is 15.4 Å². The van der Waals surface area contributed by atoms with E-state index in [4.69, 9.17) is 4.74 Å². The second kappa shape index (κ2) is 9.76. The number of nitrogens with one attached hydrogen (secondary N) is 3. The third-order valence-electron chi connectivity index (χ3n) is 4.22. The molecule has 0 aliphatic carbocycles. The van der Waals surface area contributed by atoms with Crippen LogP contribution in [0.2, 0.25) is 0 Å². The Bertz CT molecular complexity index is 810. The van der Waals surface area contributed by atoms with Crippen LogP contribution in [0.1, 0.15) is 20.3 Å². The molecule has 154 valence electrons. The van der Waals surface area contributed by atoms with Gasteiger partial charge in [0.1, 0.15) is 6.04 Å². The summed E-state index contributed by atoms with van der Waals surface area (Å²) in [6.45, 7) is 4.02. The lowest BCUT2D eigenvalue weighted by Crippen LogP contribution is -2.55. The monoisotopic (exact) mass is 411 g/mol. The van der Waals surface area contributed by atoms with Gasteiger partial charge in [0.2, 0.25) is 21.7 Å². The fraction of sp³-hybridized carbons (Fsp3) is 0.500. The molecule has 2 rings (SSSR count). The molecular formula is C18H25N3O6S. The number of rotatable bonds is 6. The smallest absolute Gasteiger partial charge is 0.289 e. The Morgan fingerprint density at radius 1 is 1.18 bits per heavy atom. The third kappa shape index (κ3) is 5.85. The molecule has 2 amide bonds. The topological polar surface area (TPSA) is 131 Å². The summed E-state index contributed by atoms with van der Waals surface area (Å²) in [7, 11) is -3.93. The van der Waals surface area contributed by atoms with Crippen LogP contribution < -0.4 is 15.4 Å². The van der Waals surface area contributed by atoms with Crippen molar-refractivity contribution in [2.24, 2.45) is 5.92 Å². The van der Waals surface area contributed by atoms with E-state index in [2.05, 4.69) is 15.4 Å². The van der Waals surface area contributed by atoms with Gasteiger partial charge >= 0.3 is 0 Å². The molecule has 1 aromatic carbocycles. The number of benzene rings is 1. The first-order chi connectivity index (χ1) is 13.2. The lowest BCUT2D eigenvalue weighted by molar-refractivity contribution is -0.140. The van der Waals surface area contributed by atoms with Crippen LogP contribution in [0.4, 0.5) is 0 Å². The Morgan fingerprint density at radius 2 is 1.86 bits per heavy atom. The third-order valence-corrected chi connectivity index (χ3v) is 5.68. The van der Waals surface area contributed by atoms with Gasteiger partial charge in [-0.3, -0.25) is 14.4 Å². The van der Waals surface area contributed by atoms with Crippen LogP contribution in [-0.4, -0.2) is 57.9 Å². The number of Topliss-reactive ketones (excluding diaryl/α,β-unsaturated/α-hetero) is 1. The summed E-state index contributed by atoms with van der Waals surface area (Å²) in [6.07, 6.45) is 0.119. The van der Waals surface area contributed by atoms with Crippen molar-refractivity contribution in [3.8, 4) is 0 Å². The van der Waals surface area contributed by atoms with Crippen molar-refractivity contribution in [2.75, 3.05) is 19.8 Å². The van der Waals surface area contributed by atoms with Crippen LogP contribution in [-0.2, 0) is 29.1 Å². The zero-order valence-corrected chi connectivity index (χ0v) is 16.6. The zero-order valence-electron chi connectivity index (χ0n) is 15.8. The standard InChI is InChI=1S/C18H25N3O6S/c1-12(2)15(21-28(25,26)13-6-4-3-5-7-13)17(23)20-14-8-10-27-11-9-19-18(24)16(14)22/h3-7,12,14-15,21H,8-11H2,1-2H3,(H,19,24)(H,20,23). The number of hydrogen-bond donors (Lipinski definition) is 3. The summed E-state index contributed by atoms with van der Waals surface area (Å²) in [5, 5.41) is 4.91. The lowest BCUT2D eigenvalue weighted by Gasteiger charge is -2.24. The molecular weight excluding hydrogens is 386 g/mol. The van der Waals surface area contributed by atoms with Gasteiger partial charge in [0.25, 0.3) is 5.91 Å². The second-order valence-electron chi connectivity index (χ2n) is 6.74. The minimum Gasteiger partial charge on any atom is -0.380 e. The highest BCUT2D eigenvalue weighted by molar-refractivity contribution is 7.89. The molecule has 9 nitrogen and oxygen atoms in total. The SMILES string of the molecule is CC(C)C(NS(=O)(=O)c1ccccc1)C(=O)NC1CCOCCNC(=O)C1=O. The summed E-state index contributed by atoms with van der Waals surface area (Å²) < 4.78 is 32.8. The van der Waals surface area contributed by atoms with E-state index in [0.29, 0.717) is 0 Å². The maximum Gasteiger partial charge on any atom is 0.289 e. The lowest BCUT2D eigenvalue weighted by atomic mass is 10.0. The average molecular weight is 411 g/mol. The van der Waals surface area contributed by atoms with Gasteiger partial charge in [-0.25, -0.2) is 8.42 Å². The summed E-state index contributed by atoms with van der Waals surface area (Å²) in [5.41, 5.74) is 0. The molecule has 1 aliphatic rings. The summed E-state index contributed by atoms with van der Waals surface area (Å²) in [5.74, 6) is -2.66. The number of hydrogen-bond acceptors (Lipinski definition) is 6. The predicted molar refractivity (Wildman–Crippen MR) is 101 cm³/mol. The number of amides is 2. The predicted octanol–water partition coefficient (Wildman–Crippen LogP) is -0.420. The first-order valence-electron chi connectivity index (χ1n) is 9.00. The van der Waals surface area contributed by atoms with E-state index in [1.807, 2.05) is 0 Å². The summed E-state index contributed by atoms with van der Waals surface area (Å²) >= 11 is 0. The quantitative estimate of drug-likeness (QED) is 0.545. The maximum atomic E-state index is 12.7. The van der Waals surface area contributed by atoms with Gasteiger partial charge in [0.05, 0.1) is 17.5 Å².